The van der Waals surface area contributed by atoms with Crippen LogP contribution in [-0.2, 0) is 14.3 Å². The largest absolute Gasteiger partial charge is 0.461 e. The Morgan fingerprint density at radius 1 is 1.32 bits per heavy atom. The average molecular weight is 391 g/mol. The van der Waals surface area contributed by atoms with Gasteiger partial charge in [0.25, 0.3) is 0 Å². The third kappa shape index (κ3) is 3.56. The monoisotopic (exact) mass is 390 g/mol. The summed E-state index contributed by atoms with van der Waals surface area (Å²) in [6, 6.07) is 0. The summed E-state index contributed by atoms with van der Waals surface area (Å²) in [6.07, 6.45) is 6.95. The van der Waals surface area contributed by atoms with Gasteiger partial charge in [-0.1, -0.05) is 31.9 Å². The van der Waals surface area contributed by atoms with Gasteiger partial charge in [0.15, 0.2) is 0 Å². The molecular formula is C22H34N2O4. The fourth-order valence-corrected chi connectivity index (χ4v) is 5.86. The van der Waals surface area contributed by atoms with Crippen molar-refractivity contribution in [2.75, 3.05) is 39.3 Å². The number of piperazine rings is 1. The van der Waals surface area contributed by atoms with E-state index in [1.165, 1.54) is 19.3 Å². The third-order valence-electron chi connectivity index (χ3n) is 7.43. The van der Waals surface area contributed by atoms with Gasteiger partial charge in [-0.3, -0.25) is 9.69 Å². The molecule has 3 fully saturated rings. The number of nitrogens with zero attached hydrogens (tertiary/aromatic N) is 2. The van der Waals surface area contributed by atoms with E-state index in [-0.39, 0.29) is 35.4 Å². The van der Waals surface area contributed by atoms with Gasteiger partial charge in [0.2, 0.25) is 0 Å². The minimum atomic E-state index is -0.231. The minimum absolute atomic E-state index is 0.0328. The first-order valence-electron chi connectivity index (χ1n) is 11.0. The van der Waals surface area contributed by atoms with Crippen LogP contribution in [0.1, 0.15) is 46.5 Å². The van der Waals surface area contributed by atoms with Crippen molar-refractivity contribution in [3.05, 3.63) is 11.6 Å². The summed E-state index contributed by atoms with van der Waals surface area (Å²) in [5.41, 5.74) is 1.77. The highest BCUT2D eigenvalue weighted by Crippen LogP contribution is 2.53. The summed E-state index contributed by atoms with van der Waals surface area (Å²) in [6.45, 7) is 10.5. The van der Waals surface area contributed by atoms with Crippen molar-refractivity contribution < 1.29 is 19.1 Å². The Morgan fingerprint density at radius 2 is 2.07 bits per heavy atom. The molecule has 2 aliphatic carbocycles. The van der Waals surface area contributed by atoms with E-state index in [0.717, 1.165) is 26.1 Å². The molecule has 156 valence electrons. The molecule has 0 aromatic heterocycles. The number of carbonyl (C=O) groups excluding carboxylic acids is 2. The van der Waals surface area contributed by atoms with Gasteiger partial charge < -0.3 is 14.4 Å². The number of hydrogen-bond donors (Lipinski definition) is 0. The number of carbonyl (C=O) groups is 2. The fourth-order valence-electron chi connectivity index (χ4n) is 5.86. The predicted octanol–water partition coefficient (Wildman–Crippen LogP) is 3.07. The highest BCUT2D eigenvalue weighted by atomic mass is 16.6. The second-order valence-corrected chi connectivity index (χ2v) is 9.33. The van der Waals surface area contributed by atoms with Crippen molar-refractivity contribution in [1.29, 1.82) is 0 Å². The highest BCUT2D eigenvalue weighted by Gasteiger charge is 2.52. The van der Waals surface area contributed by atoms with Gasteiger partial charge in [-0.05, 0) is 37.5 Å². The predicted molar refractivity (Wildman–Crippen MR) is 106 cm³/mol. The lowest BCUT2D eigenvalue weighted by atomic mass is 9.59. The fraction of sp³-hybridized carbons (Fsp3) is 0.818. The zero-order valence-corrected chi connectivity index (χ0v) is 17.5. The smallest absolute Gasteiger partial charge is 0.409 e. The molecule has 1 saturated carbocycles. The van der Waals surface area contributed by atoms with E-state index in [1.54, 1.807) is 10.5 Å². The van der Waals surface area contributed by atoms with Crippen LogP contribution in [0.4, 0.5) is 4.79 Å². The number of rotatable bonds is 3. The van der Waals surface area contributed by atoms with Crippen molar-refractivity contribution in [3.63, 3.8) is 0 Å². The molecule has 0 aromatic carbocycles. The maximum atomic E-state index is 12.7. The lowest BCUT2D eigenvalue weighted by molar-refractivity contribution is -0.145. The molecule has 4 aliphatic rings. The van der Waals surface area contributed by atoms with Crippen LogP contribution in [0.5, 0.6) is 0 Å². The van der Waals surface area contributed by atoms with E-state index in [2.05, 4.69) is 24.8 Å². The van der Waals surface area contributed by atoms with Gasteiger partial charge in [-0.2, -0.15) is 0 Å². The van der Waals surface area contributed by atoms with E-state index >= 15 is 0 Å². The molecule has 4 rings (SSSR count). The molecule has 28 heavy (non-hydrogen) atoms. The molecule has 5 atom stereocenters. The van der Waals surface area contributed by atoms with Gasteiger partial charge in [-0.25, -0.2) is 4.79 Å². The van der Waals surface area contributed by atoms with Gasteiger partial charge in [0.1, 0.15) is 6.10 Å². The van der Waals surface area contributed by atoms with Gasteiger partial charge in [0.05, 0.1) is 12.5 Å². The second kappa shape index (κ2) is 7.69. The van der Waals surface area contributed by atoms with Gasteiger partial charge in [-0.15, -0.1) is 0 Å². The molecule has 2 aliphatic heterocycles. The topological polar surface area (TPSA) is 59.1 Å². The number of fused-ring (bicyclic) bond motifs is 2. The molecule has 2 saturated heterocycles. The average Bonchev–Trinajstić information content (AvgIpc) is 2.95. The van der Waals surface area contributed by atoms with E-state index < -0.39 is 0 Å². The molecular weight excluding hydrogens is 356 g/mol. The molecule has 0 bridgehead atoms. The van der Waals surface area contributed by atoms with Crippen LogP contribution in [0.2, 0.25) is 0 Å². The lowest BCUT2D eigenvalue weighted by Crippen LogP contribution is -2.50. The number of allylic oxidation sites excluding steroid dienone is 1. The van der Waals surface area contributed by atoms with Gasteiger partial charge >= 0.3 is 12.1 Å². The molecule has 0 spiro atoms. The Labute approximate surface area is 168 Å². The zero-order chi connectivity index (χ0) is 19.9. The van der Waals surface area contributed by atoms with Crippen molar-refractivity contribution in [2.45, 2.75) is 52.6 Å². The normalized spacial score (nSPS) is 38.3. The molecule has 1 amide bonds. The molecule has 0 radical (unpaired) electrons. The minimum Gasteiger partial charge on any atom is -0.461 e. The summed E-state index contributed by atoms with van der Waals surface area (Å²) in [5.74, 6) is 0.711. The SMILES string of the molecule is CCOC(=O)N1CCN(CC2C(=O)O[C@@H]3C[C@@]4(C)CCC[C@H](C)C4=C[C@H]23)CC1. The Balaban J connectivity index is 1.42. The van der Waals surface area contributed by atoms with Crippen LogP contribution in [0, 0.1) is 23.2 Å². The number of amides is 1. The van der Waals surface area contributed by atoms with Gasteiger partial charge in [0, 0.05) is 38.6 Å². The van der Waals surface area contributed by atoms with E-state index in [1.807, 2.05) is 6.92 Å². The van der Waals surface area contributed by atoms with Crippen molar-refractivity contribution in [2.24, 2.45) is 23.2 Å². The first-order valence-corrected chi connectivity index (χ1v) is 11.0. The van der Waals surface area contributed by atoms with E-state index in [0.29, 0.717) is 25.6 Å². The maximum absolute atomic E-state index is 12.7. The standard InChI is InChI=1S/C22H34N2O4/c1-4-27-21(26)24-10-8-23(9-11-24)14-17-16-12-18-15(2)6-5-7-22(18,3)13-19(16)28-20(17)25/h12,15-17,19H,4-11,13-14H2,1-3H3/t15-,16+,17?,19+,22+/m0/s1. The summed E-state index contributed by atoms with van der Waals surface area (Å²) >= 11 is 0. The number of ether oxygens (including phenoxy) is 2. The molecule has 6 heteroatoms. The van der Waals surface area contributed by atoms with Crippen LogP contribution >= 0.6 is 0 Å². The maximum Gasteiger partial charge on any atom is 0.409 e. The van der Waals surface area contributed by atoms with Crippen LogP contribution in [0.15, 0.2) is 11.6 Å². The Hall–Kier alpha value is -1.56. The summed E-state index contributed by atoms with van der Waals surface area (Å²) in [4.78, 5) is 28.7. The van der Waals surface area contributed by atoms with E-state index in [9.17, 15) is 9.59 Å². The van der Waals surface area contributed by atoms with Crippen LogP contribution in [0.3, 0.4) is 0 Å². The van der Waals surface area contributed by atoms with Crippen LogP contribution in [0.25, 0.3) is 0 Å². The Kier molecular flexibility index (Phi) is 5.43. The first-order chi connectivity index (χ1) is 13.4. The third-order valence-corrected chi connectivity index (χ3v) is 7.43. The summed E-state index contributed by atoms with van der Waals surface area (Å²) in [7, 11) is 0. The number of hydrogen-bond acceptors (Lipinski definition) is 5. The molecule has 0 aromatic rings. The Morgan fingerprint density at radius 3 is 2.79 bits per heavy atom. The summed E-state index contributed by atoms with van der Waals surface area (Å²) in [5, 5.41) is 0. The number of esters is 1. The Bertz CT molecular complexity index is 655. The lowest BCUT2D eigenvalue weighted by Gasteiger charge is -2.46. The molecule has 1 unspecified atom stereocenters. The van der Waals surface area contributed by atoms with Crippen molar-refractivity contribution in [1.82, 2.24) is 9.80 Å². The molecule has 2 heterocycles. The van der Waals surface area contributed by atoms with Crippen molar-refractivity contribution in [3.8, 4) is 0 Å². The highest BCUT2D eigenvalue weighted by molar-refractivity contribution is 5.76. The van der Waals surface area contributed by atoms with Crippen LogP contribution in [-0.4, -0.2) is 67.3 Å². The van der Waals surface area contributed by atoms with Crippen LogP contribution < -0.4 is 0 Å². The molecule has 6 nitrogen and oxygen atoms in total. The summed E-state index contributed by atoms with van der Waals surface area (Å²) < 4.78 is 11.0. The molecule has 0 N–H and O–H groups in total. The second-order valence-electron chi connectivity index (χ2n) is 9.33. The zero-order valence-electron chi connectivity index (χ0n) is 17.5. The first kappa shape index (κ1) is 19.7. The van der Waals surface area contributed by atoms with Crippen molar-refractivity contribution >= 4 is 12.1 Å². The quantitative estimate of drug-likeness (QED) is 0.547. The van der Waals surface area contributed by atoms with E-state index in [4.69, 9.17) is 9.47 Å².